The maximum absolute atomic E-state index is 12.4. The molecular formula is C13H19N7O. The zero-order valence-corrected chi connectivity index (χ0v) is 12.0. The highest BCUT2D eigenvalue weighted by molar-refractivity contribution is 5.76. The van der Waals surface area contributed by atoms with E-state index in [1.54, 1.807) is 10.7 Å². The number of carbonyl (C=O) groups is 1. The van der Waals surface area contributed by atoms with Gasteiger partial charge in [-0.3, -0.25) is 9.89 Å². The molecule has 112 valence electrons. The molecule has 8 nitrogen and oxygen atoms in total. The second kappa shape index (κ2) is 5.55. The number of nitrogens with two attached hydrogens (primary N) is 1. The normalized spacial score (nSPS) is 18.9. The van der Waals surface area contributed by atoms with Gasteiger partial charge in [0.1, 0.15) is 24.5 Å². The third-order valence-electron chi connectivity index (χ3n) is 3.81. The zero-order chi connectivity index (χ0) is 14.8. The first kappa shape index (κ1) is 13.6. The highest BCUT2D eigenvalue weighted by Crippen LogP contribution is 2.24. The van der Waals surface area contributed by atoms with Crippen LogP contribution in [0.2, 0.25) is 0 Å². The van der Waals surface area contributed by atoms with Crippen LogP contribution in [0.15, 0.2) is 12.4 Å². The lowest BCUT2D eigenvalue weighted by atomic mass is 9.97. The Balaban J connectivity index is 1.66. The SMILES string of the molecule is Cc1cc(N)n(CC(=O)N2CCCC(c3ncn[nH]3)C2)n1. The van der Waals surface area contributed by atoms with Crippen LogP contribution in [-0.4, -0.2) is 48.9 Å². The minimum Gasteiger partial charge on any atom is -0.384 e. The molecule has 3 N–H and O–H groups in total. The second-order valence-corrected chi connectivity index (χ2v) is 5.42. The van der Waals surface area contributed by atoms with Crippen LogP contribution in [-0.2, 0) is 11.3 Å². The van der Waals surface area contributed by atoms with Gasteiger partial charge in [0.2, 0.25) is 5.91 Å². The molecule has 8 heteroatoms. The number of likely N-dealkylation sites (tertiary alicyclic amines) is 1. The molecular weight excluding hydrogens is 270 g/mol. The van der Waals surface area contributed by atoms with E-state index in [0.717, 1.165) is 30.9 Å². The summed E-state index contributed by atoms with van der Waals surface area (Å²) in [5.41, 5.74) is 6.65. The lowest BCUT2D eigenvalue weighted by Crippen LogP contribution is -2.41. The third-order valence-corrected chi connectivity index (χ3v) is 3.81. The van der Waals surface area contributed by atoms with E-state index in [9.17, 15) is 4.79 Å². The van der Waals surface area contributed by atoms with Gasteiger partial charge in [-0.1, -0.05) is 0 Å². The highest BCUT2D eigenvalue weighted by Gasteiger charge is 2.26. The standard InChI is InChI=1S/C13H19N7O/c1-9-5-11(14)20(18-9)7-12(21)19-4-2-3-10(6-19)13-15-8-16-17-13/h5,8,10H,2-4,6-7,14H2,1H3,(H,15,16,17). The van der Waals surface area contributed by atoms with Crippen LogP contribution < -0.4 is 5.73 Å². The van der Waals surface area contributed by atoms with E-state index >= 15 is 0 Å². The summed E-state index contributed by atoms with van der Waals surface area (Å²) in [4.78, 5) is 18.5. The molecule has 0 aromatic carbocycles. The van der Waals surface area contributed by atoms with E-state index in [4.69, 9.17) is 5.73 Å². The van der Waals surface area contributed by atoms with Crippen molar-refractivity contribution in [2.45, 2.75) is 32.2 Å². The van der Waals surface area contributed by atoms with Gasteiger partial charge < -0.3 is 10.6 Å². The fourth-order valence-electron chi connectivity index (χ4n) is 2.76. The first-order valence-corrected chi connectivity index (χ1v) is 7.06. The van der Waals surface area contributed by atoms with Gasteiger partial charge in [0.25, 0.3) is 0 Å². The van der Waals surface area contributed by atoms with Gasteiger partial charge in [-0.2, -0.15) is 10.2 Å². The maximum atomic E-state index is 12.4. The first-order chi connectivity index (χ1) is 10.1. The number of carbonyl (C=O) groups excluding carboxylic acids is 1. The molecule has 21 heavy (non-hydrogen) atoms. The number of piperidine rings is 1. The molecule has 0 saturated carbocycles. The summed E-state index contributed by atoms with van der Waals surface area (Å²) in [5.74, 6) is 1.63. The molecule has 3 rings (SSSR count). The van der Waals surface area contributed by atoms with E-state index in [0.29, 0.717) is 12.4 Å². The molecule has 0 aliphatic carbocycles. The van der Waals surface area contributed by atoms with Crippen molar-refractivity contribution in [3.63, 3.8) is 0 Å². The largest absolute Gasteiger partial charge is 0.384 e. The molecule has 1 atom stereocenters. The average molecular weight is 289 g/mol. The summed E-state index contributed by atoms with van der Waals surface area (Å²) in [5, 5.41) is 11.0. The van der Waals surface area contributed by atoms with Gasteiger partial charge in [-0.05, 0) is 19.8 Å². The van der Waals surface area contributed by atoms with Crippen molar-refractivity contribution in [2.75, 3.05) is 18.8 Å². The summed E-state index contributed by atoms with van der Waals surface area (Å²) in [6.07, 6.45) is 3.48. The van der Waals surface area contributed by atoms with Gasteiger partial charge in [-0.15, -0.1) is 0 Å². The minimum atomic E-state index is 0.0361. The van der Waals surface area contributed by atoms with Gasteiger partial charge in [-0.25, -0.2) is 9.67 Å². The van der Waals surface area contributed by atoms with Crippen molar-refractivity contribution in [3.8, 4) is 0 Å². The molecule has 0 radical (unpaired) electrons. The van der Waals surface area contributed by atoms with Crippen molar-refractivity contribution >= 4 is 11.7 Å². The predicted octanol–water partition coefficient (Wildman–Crippen LogP) is 0.298. The molecule has 1 amide bonds. The van der Waals surface area contributed by atoms with Crippen molar-refractivity contribution in [3.05, 3.63) is 23.9 Å². The van der Waals surface area contributed by atoms with Gasteiger partial charge in [0.15, 0.2) is 0 Å². The molecule has 1 fully saturated rings. The van der Waals surface area contributed by atoms with Crippen molar-refractivity contribution < 1.29 is 4.79 Å². The Bertz CT molecular complexity index is 619. The number of nitrogen functional groups attached to an aromatic ring is 1. The van der Waals surface area contributed by atoms with Crippen LogP contribution in [0.3, 0.4) is 0 Å². The zero-order valence-electron chi connectivity index (χ0n) is 12.0. The molecule has 3 heterocycles. The van der Waals surface area contributed by atoms with Crippen LogP contribution in [0.1, 0.15) is 30.3 Å². The number of hydrogen-bond donors (Lipinski definition) is 2. The second-order valence-electron chi connectivity index (χ2n) is 5.42. The molecule has 1 unspecified atom stereocenters. The molecule has 2 aromatic heterocycles. The number of rotatable bonds is 3. The maximum Gasteiger partial charge on any atom is 0.244 e. The summed E-state index contributed by atoms with van der Waals surface area (Å²) >= 11 is 0. The summed E-state index contributed by atoms with van der Waals surface area (Å²) in [6.45, 7) is 3.47. The summed E-state index contributed by atoms with van der Waals surface area (Å²) in [7, 11) is 0. The van der Waals surface area contributed by atoms with Crippen molar-refractivity contribution in [1.29, 1.82) is 0 Å². The number of amides is 1. The van der Waals surface area contributed by atoms with Crippen LogP contribution >= 0.6 is 0 Å². The predicted molar refractivity (Wildman–Crippen MR) is 76.3 cm³/mol. The van der Waals surface area contributed by atoms with Crippen LogP contribution in [0, 0.1) is 6.92 Å². The number of aromatic amines is 1. The lowest BCUT2D eigenvalue weighted by molar-refractivity contribution is -0.133. The number of nitrogens with one attached hydrogen (secondary N) is 1. The van der Waals surface area contributed by atoms with E-state index in [-0.39, 0.29) is 18.4 Å². The number of nitrogens with zero attached hydrogens (tertiary/aromatic N) is 5. The Hall–Kier alpha value is -2.38. The number of anilines is 1. The average Bonchev–Trinajstić information content (AvgIpc) is 3.09. The Morgan fingerprint density at radius 3 is 3.10 bits per heavy atom. The van der Waals surface area contributed by atoms with Gasteiger partial charge in [0.05, 0.1) is 5.69 Å². The number of aromatic nitrogens is 5. The van der Waals surface area contributed by atoms with Crippen LogP contribution in [0.5, 0.6) is 0 Å². The van der Waals surface area contributed by atoms with E-state index in [1.165, 1.54) is 6.33 Å². The quantitative estimate of drug-likeness (QED) is 0.845. The smallest absolute Gasteiger partial charge is 0.244 e. The minimum absolute atomic E-state index is 0.0361. The third kappa shape index (κ3) is 2.88. The van der Waals surface area contributed by atoms with E-state index < -0.39 is 0 Å². The first-order valence-electron chi connectivity index (χ1n) is 7.06. The molecule has 1 aliphatic rings. The Kier molecular flexibility index (Phi) is 3.59. The van der Waals surface area contributed by atoms with Gasteiger partial charge >= 0.3 is 0 Å². The Labute approximate surface area is 122 Å². The number of aryl methyl sites for hydroxylation is 1. The Morgan fingerprint density at radius 1 is 1.57 bits per heavy atom. The molecule has 2 aromatic rings. The van der Waals surface area contributed by atoms with E-state index in [2.05, 4.69) is 20.3 Å². The van der Waals surface area contributed by atoms with E-state index in [1.807, 2.05) is 11.8 Å². The Morgan fingerprint density at radius 2 is 2.43 bits per heavy atom. The van der Waals surface area contributed by atoms with Crippen LogP contribution in [0.4, 0.5) is 5.82 Å². The fraction of sp³-hybridized carbons (Fsp3) is 0.538. The fourth-order valence-corrected chi connectivity index (χ4v) is 2.76. The van der Waals surface area contributed by atoms with Crippen molar-refractivity contribution in [1.82, 2.24) is 29.9 Å². The van der Waals surface area contributed by atoms with Gasteiger partial charge in [0, 0.05) is 25.1 Å². The van der Waals surface area contributed by atoms with Crippen LogP contribution in [0.25, 0.3) is 0 Å². The molecule has 1 saturated heterocycles. The topological polar surface area (TPSA) is 106 Å². The molecule has 1 aliphatic heterocycles. The summed E-state index contributed by atoms with van der Waals surface area (Å²) in [6, 6.07) is 1.76. The monoisotopic (exact) mass is 289 g/mol. The highest BCUT2D eigenvalue weighted by atomic mass is 16.2. The lowest BCUT2D eigenvalue weighted by Gasteiger charge is -2.31. The van der Waals surface area contributed by atoms with Crippen molar-refractivity contribution in [2.24, 2.45) is 0 Å². The molecule has 0 bridgehead atoms. The number of H-pyrrole nitrogens is 1. The number of hydrogen-bond acceptors (Lipinski definition) is 5. The molecule has 0 spiro atoms. The summed E-state index contributed by atoms with van der Waals surface area (Å²) < 4.78 is 1.55.